The van der Waals surface area contributed by atoms with Crippen LogP contribution in [-0.4, -0.2) is 14.5 Å². The Morgan fingerprint density at radius 2 is 1.95 bits per heavy atom. The highest BCUT2D eigenvalue weighted by Crippen LogP contribution is 2.35. The third kappa shape index (κ3) is 4.29. The van der Waals surface area contributed by atoms with E-state index >= 15 is 0 Å². The number of hydrogen-bond acceptors (Lipinski definition) is 3. The molecule has 0 bridgehead atoms. The molecule has 1 aliphatic carbocycles. The van der Waals surface area contributed by atoms with Gasteiger partial charge in [0.05, 0.1) is 17.4 Å². The average Bonchev–Trinajstić information content (AvgIpc) is 2.41. The number of hydrogen-bond donors (Lipinski definition) is 1. The van der Waals surface area contributed by atoms with E-state index in [0.29, 0.717) is 11.1 Å². The molecule has 114 valence electrons. The molecule has 0 heterocycles. The van der Waals surface area contributed by atoms with Gasteiger partial charge >= 0.3 is 0 Å². The van der Waals surface area contributed by atoms with E-state index in [1.165, 1.54) is 6.42 Å². The molecule has 5 heteroatoms. The molecule has 4 nitrogen and oxygen atoms in total. The Labute approximate surface area is 127 Å². The first-order valence-electron chi connectivity index (χ1n) is 7.31. The van der Waals surface area contributed by atoms with Crippen molar-refractivity contribution in [2.45, 2.75) is 51.3 Å². The Morgan fingerprint density at radius 1 is 1.29 bits per heavy atom. The van der Waals surface area contributed by atoms with Crippen LogP contribution >= 0.6 is 0 Å². The van der Waals surface area contributed by atoms with E-state index in [-0.39, 0.29) is 17.2 Å². The first kappa shape index (κ1) is 16.0. The molecule has 1 atom stereocenters. The molecule has 1 aromatic rings. The Morgan fingerprint density at radius 3 is 2.52 bits per heavy atom. The normalized spacial score (nSPS) is 21.7. The van der Waals surface area contributed by atoms with Gasteiger partial charge in [0.2, 0.25) is 10.0 Å². The van der Waals surface area contributed by atoms with Gasteiger partial charge in [-0.05, 0) is 36.0 Å². The topological polar surface area (TPSA) is 70.0 Å². The minimum atomic E-state index is -3.36. The molecule has 2 rings (SSSR count). The first-order valence-corrected chi connectivity index (χ1v) is 8.97. The molecule has 1 unspecified atom stereocenters. The van der Waals surface area contributed by atoms with E-state index < -0.39 is 10.0 Å². The lowest BCUT2D eigenvalue weighted by Crippen LogP contribution is -2.47. The third-order valence-corrected chi connectivity index (χ3v) is 5.63. The fourth-order valence-electron chi connectivity index (χ4n) is 2.87. The molecule has 1 saturated carbocycles. The predicted molar refractivity (Wildman–Crippen MR) is 83.0 cm³/mol. The Balaban J connectivity index is 2.06. The second-order valence-electron chi connectivity index (χ2n) is 6.47. The number of sulfonamides is 1. The van der Waals surface area contributed by atoms with Crippen molar-refractivity contribution >= 4 is 10.0 Å². The van der Waals surface area contributed by atoms with Crippen molar-refractivity contribution in [2.24, 2.45) is 5.41 Å². The summed E-state index contributed by atoms with van der Waals surface area (Å²) in [6, 6.07) is 8.73. The fraction of sp³-hybridized carbons (Fsp3) is 0.562. The monoisotopic (exact) mass is 306 g/mol. The predicted octanol–water partition coefficient (Wildman–Crippen LogP) is 2.95. The molecule has 1 N–H and O–H groups in total. The maximum Gasteiger partial charge on any atom is 0.216 e. The zero-order valence-corrected chi connectivity index (χ0v) is 13.4. The number of nitrogens with zero attached hydrogens (tertiary/aromatic N) is 1. The average molecular weight is 306 g/mol. The maximum absolute atomic E-state index is 12.3. The van der Waals surface area contributed by atoms with Gasteiger partial charge in [0.25, 0.3) is 0 Å². The van der Waals surface area contributed by atoms with Crippen molar-refractivity contribution in [3.63, 3.8) is 0 Å². The van der Waals surface area contributed by atoms with Gasteiger partial charge in [-0.1, -0.05) is 38.8 Å². The second-order valence-corrected chi connectivity index (χ2v) is 8.23. The molecule has 1 aliphatic rings. The number of nitrogens with one attached hydrogen (secondary N) is 1. The molecular formula is C16H22N2O2S. The molecule has 1 fully saturated rings. The van der Waals surface area contributed by atoms with Crippen molar-refractivity contribution in [1.82, 2.24) is 4.72 Å². The van der Waals surface area contributed by atoms with Crippen molar-refractivity contribution in [2.75, 3.05) is 0 Å². The zero-order valence-electron chi connectivity index (χ0n) is 12.6. The van der Waals surface area contributed by atoms with Crippen LogP contribution in [0.15, 0.2) is 24.3 Å². The van der Waals surface area contributed by atoms with E-state index in [9.17, 15) is 8.42 Å². The molecule has 0 aromatic heterocycles. The molecule has 0 aliphatic heterocycles. The van der Waals surface area contributed by atoms with Gasteiger partial charge in [-0.25, -0.2) is 13.1 Å². The fourth-order valence-corrected chi connectivity index (χ4v) is 4.45. The molecule has 0 radical (unpaired) electrons. The highest BCUT2D eigenvalue weighted by Gasteiger charge is 2.34. The van der Waals surface area contributed by atoms with E-state index in [2.05, 4.69) is 18.6 Å². The smallest absolute Gasteiger partial charge is 0.212 e. The SMILES string of the molecule is CC1(C)CCCCC1NS(=O)(=O)Cc1ccc(C#N)cc1. The molecule has 21 heavy (non-hydrogen) atoms. The molecule has 0 saturated heterocycles. The van der Waals surface area contributed by atoms with Crippen molar-refractivity contribution < 1.29 is 8.42 Å². The summed E-state index contributed by atoms with van der Waals surface area (Å²) in [5.74, 6) is -0.0364. The molecular weight excluding hydrogens is 284 g/mol. The lowest BCUT2D eigenvalue weighted by molar-refractivity contribution is 0.188. The van der Waals surface area contributed by atoms with Gasteiger partial charge in [0.1, 0.15) is 0 Å². The van der Waals surface area contributed by atoms with E-state index in [4.69, 9.17) is 5.26 Å². The number of rotatable bonds is 4. The highest BCUT2D eigenvalue weighted by atomic mass is 32.2. The van der Waals surface area contributed by atoms with Gasteiger partial charge in [-0.3, -0.25) is 0 Å². The van der Waals surface area contributed by atoms with Crippen LogP contribution in [0, 0.1) is 16.7 Å². The van der Waals surface area contributed by atoms with Crippen LogP contribution < -0.4 is 4.72 Å². The molecule has 0 amide bonds. The quantitative estimate of drug-likeness (QED) is 0.929. The lowest BCUT2D eigenvalue weighted by Gasteiger charge is -2.38. The van der Waals surface area contributed by atoms with Gasteiger partial charge in [0, 0.05) is 6.04 Å². The van der Waals surface area contributed by atoms with Crippen LogP contribution in [-0.2, 0) is 15.8 Å². The summed E-state index contributed by atoms with van der Waals surface area (Å²) in [6.45, 7) is 4.25. The third-order valence-electron chi connectivity index (χ3n) is 4.27. The van der Waals surface area contributed by atoms with Gasteiger partial charge in [-0.2, -0.15) is 5.26 Å². The maximum atomic E-state index is 12.3. The summed E-state index contributed by atoms with van der Waals surface area (Å²) in [4.78, 5) is 0. The van der Waals surface area contributed by atoms with Crippen LogP contribution in [0.3, 0.4) is 0 Å². The van der Waals surface area contributed by atoms with Crippen molar-refractivity contribution in [1.29, 1.82) is 5.26 Å². The summed E-state index contributed by atoms with van der Waals surface area (Å²) in [7, 11) is -3.36. The van der Waals surface area contributed by atoms with Gasteiger partial charge < -0.3 is 0 Å². The number of benzene rings is 1. The summed E-state index contributed by atoms with van der Waals surface area (Å²) in [5, 5.41) is 8.75. The summed E-state index contributed by atoms with van der Waals surface area (Å²) in [6.07, 6.45) is 4.20. The van der Waals surface area contributed by atoms with Crippen LogP contribution in [0.25, 0.3) is 0 Å². The van der Waals surface area contributed by atoms with Gasteiger partial charge in [-0.15, -0.1) is 0 Å². The zero-order chi connectivity index (χ0) is 15.5. The first-order chi connectivity index (χ1) is 9.82. The second kappa shape index (κ2) is 6.17. The van der Waals surface area contributed by atoms with Crippen LogP contribution in [0.4, 0.5) is 0 Å². The van der Waals surface area contributed by atoms with Crippen LogP contribution in [0.1, 0.15) is 50.7 Å². The highest BCUT2D eigenvalue weighted by molar-refractivity contribution is 7.88. The standard InChI is InChI=1S/C16H22N2O2S/c1-16(2)10-4-3-5-15(16)18-21(19,20)12-14-8-6-13(11-17)7-9-14/h6-9,15,18H,3-5,10,12H2,1-2H3. The van der Waals surface area contributed by atoms with Crippen LogP contribution in [0.2, 0.25) is 0 Å². The number of nitriles is 1. The van der Waals surface area contributed by atoms with Crippen LogP contribution in [0.5, 0.6) is 0 Å². The minimum Gasteiger partial charge on any atom is -0.212 e. The van der Waals surface area contributed by atoms with E-state index in [1.54, 1.807) is 24.3 Å². The van der Waals surface area contributed by atoms with E-state index in [0.717, 1.165) is 19.3 Å². The Bertz CT molecular complexity index is 627. The Hall–Kier alpha value is -1.38. The lowest BCUT2D eigenvalue weighted by atomic mass is 9.74. The van der Waals surface area contributed by atoms with E-state index in [1.807, 2.05) is 6.07 Å². The largest absolute Gasteiger partial charge is 0.216 e. The van der Waals surface area contributed by atoms with Crippen molar-refractivity contribution in [3.8, 4) is 6.07 Å². The summed E-state index contributed by atoms with van der Waals surface area (Å²) in [5.41, 5.74) is 1.25. The van der Waals surface area contributed by atoms with Crippen molar-refractivity contribution in [3.05, 3.63) is 35.4 Å². The Kier molecular flexibility index (Phi) is 4.70. The minimum absolute atomic E-state index is 0.00892. The van der Waals surface area contributed by atoms with Gasteiger partial charge in [0.15, 0.2) is 0 Å². The molecule has 1 aromatic carbocycles. The molecule has 0 spiro atoms. The summed E-state index contributed by atoms with van der Waals surface area (Å²) < 4.78 is 27.5. The summed E-state index contributed by atoms with van der Waals surface area (Å²) >= 11 is 0.